The van der Waals surface area contributed by atoms with Gasteiger partial charge in [-0.15, -0.1) is 0 Å². The molecule has 1 fully saturated rings. The molecule has 0 amide bonds. The first-order valence-corrected chi connectivity index (χ1v) is 7.78. The van der Waals surface area contributed by atoms with Gasteiger partial charge in [-0.3, -0.25) is 4.79 Å². The molecule has 1 unspecified atom stereocenters. The quantitative estimate of drug-likeness (QED) is 0.923. The van der Waals surface area contributed by atoms with E-state index in [1.807, 2.05) is 18.2 Å². The van der Waals surface area contributed by atoms with Gasteiger partial charge in [0.1, 0.15) is 11.5 Å². The molecule has 2 N–H and O–H groups in total. The lowest BCUT2D eigenvalue weighted by Gasteiger charge is -2.36. The smallest absolute Gasteiger partial charge is 0.141 e. The molecule has 0 aromatic heterocycles. The molecule has 1 saturated heterocycles. The van der Waals surface area contributed by atoms with Gasteiger partial charge in [-0.25, -0.2) is 0 Å². The fraction of sp³-hybridized carbons (Fsp3) is 0.588. The maximum atomic E-state index is 12.9. The molecular weight excluding hydrogens is 266 g/mol. The molecule has 0 bridgehead atoms. The minimum atomic E-state index is -0.370. The molecule has 2 aliphatic rings. The predicted octanol–water partition coefficient (Wildman–Crippen LogP) is 2.27. The number of benzene rings is 1. The summed E-state index contributed by atoms with van der Waals surface area (Å²) in [6.07, 6.45) is 2.98. The lowest BCUT2D eigenvalue weighted by Crippen LogP contribution is -2.44. The van der Waals surface area contributed by atoms with Gasteiger partial charge in [0, 0.05) is 31.6 Å². The standard InChI is InChI=1S/C17H23NO3/c18-12-17(6-9-20-10-7-17)16(19)11-13-5-8-21-15-4-2-1-3-14(13)15/h1-4,13H,5-12,18H2. The van der Waals surface area contributed by atoms with Gasteiger partial charge in [0.05, 0.1) is 6.61 Å². The minimum Gasteiger partial charge on any atom is -0.493 e. The van der Waals surface area contributed by atoms with E-state index in [4.69, 9.17) is 15.2 Å². The van der Waals surface area contributed by atoms with Crippen molar-refractivity contribution in [2.75, 3.05) is 26.4 Å². The number of rotatable bonds is 4. The van der Waals surface area contributed by atoms with Crippen LogP contribution in [-0.4, -0.2) is 32.1 Å². The van der Waals surface area contributed by atoms with Crippen molar-refractivity contribution in [3.8, 4) is 5.75 Å². The van der Waals surface area contributed by atoms with Gasteiger partial charge >= 0.3 is 0 Å². The molecule has 114 valence electrons. The molecule has 0 aliphatic carbocycles. The molecule has 2 heterocycles. The molecule has 4 nitrogen and oxygen atoms in total. The van der Waals surface area contributed by atoms with E-state index in [0.717, 1.165) is 30.6 Å². The number of Topliss-reactive ketones (excluding diaryl/α,β-unsaturated/α-hetero) is 1. The fourth-order valence-electron chi connectivity index (χ4n) is 3.43. The molecule has 0 radical (unpaired) electrons. The first-order valence-electron chi connectivity index (χ1n) is 7.78. The molecule has 4 heteroatoms. The number of para-hydroxylation sites is 1. The summed E-state index contributed by atoms with van der Waals surface area (Å²) in [4.78, 5) is 12.9. The summed E-state index contributed by atoms with van der Waals surface area (Å²) >= 11 is 0. The Hall–Kier alpha value is -1.39. The Kier molecular flexibility index (Phi) is 4.27. The monoisotopic (exact) mass is 289 g/mol. The summed E-state index contributed by atoms with van der Waals surface area (Å²) in [5.74, 6) is 1.49. The third kappa shape index (κ3) is 2.83. The maximum absolute atomic E-state index is 12.9. The third-order valence-electron chi connectivity index (χ3n) is 4.95. The van der Waals surface area contributed by atoms with Crippen LogP contribution in [0.1, 0.15) is 37.2 Å². The van der Waals surface area contributed by atoms with E-state index in [0.29, 0.717) is 38.6 Å². The second-order valence-electron chi connectivity index (χ2n) is 6.10. The van der Waals surface area contributed by atoms with Gasteiger partial charge in [-0.1, -0.05) is 18.2 Å². The van der Waals surface area contributed by atoms with E-state index in [1.54, 1.807) is 0 Å². The second-order valence-corrected chi connectivity index (χ2v) is 6.10. The summed E-state index contributed by atoms with van der Waals surface area (Å²) in [6, 6.07) is 8.05. The van der Waals surface area contributed by atoms with Gasteiger partial charge in [-0.2, -0.15) is 0 Å². The highest BCUT2D eigenvalue weighted by molar-refractivity contribution is 5.86. The van der Waals surface area contributed by atoms with E-state index >= 15 is 0 Å². The largest absolute Gasteiger partial charge is 0.493 e. The van der Waals surface area contributed by atoms with Gasteiger partial charge in [0.15, 0.2) is 0 Å². The molecular formula is C17H23NO3. The highest BCUT2D eigenvalue weighted by atomic mass is 16.5. The Morgan fingerprint density at radius 3 is 2.76 bits per heavy atom. The number of hydrogen-bond acceptors (Lipinski definition) is 4. The first kappa shape index (κ1) is 14.5. The highest BCUT2D eigenvalue weighted by Gasteiger charge is 2.39. The normalized spacial score (nSPS) is 24.0. The average Bonchev–Trinajstić information content (AvgIpc) is 2.56. The fourth-order valence-corrected chi connectivity index (χ4v) is 3.43. The van der Waals surface area contributed by atoms with Crippen molar-refractivity contribution in [3.05, 3.63) is 29.8 Å². The van der Waals surface area contributed by atoms with Crippen molar-refractivity contribution in [1.29, 1.82) is 0 Å². The number of carbonyl (C=O) groups excluding carboxylic acids is 1. The lowest BCUT2D eigenvalue weighted by molar-refractivity contribution is -0.134. The zero-order valence-electron chi connectivity index (χ0n) is 12.3. The zero-order chi connectivity index (χ0) is 14.7. The zero-order valence-corrected chi connectivity index (χ0v) is 12.3. The summed E-state index contributed by atoms with van der Waals surface area (Å²) < 4.78 is 11.1. The predicted molar refractivity (Wildman–Crippen MR) is 80.5 cm³/mol. The van der Waals surface area contributed by atoms with Crippen molar-refractivity contribution >= 4 is 5.78 Å². The van der Waals surface area contributed by atoms with Crippen LogP contribution in [0.15, 0.2) is 24.3 Å². The number of fused-ring (bicyclic) bond motifs is 1. The van der Waals surface area contributed by atoms with E-state index in [2.05, 4.69) is 6.07 Å². The summed E-state index contributed by atoms with van der Waals surface area (Å²) in [5, 5.41) is 0. The molecule has 0 spiro atoms. The van der Waals surface area contributed by atoms with Crippen LogP contribution in [0, 0.1) is 5.41 Å². The number of ketones is 1. The Labute approximate surface area is 125 Å². The van der Waals surface area contributed by atoms with Gasteiger partial charge in [0.25, 0.3) is 0 Å². The van der Waals surface area contributed by atoms with Crippen molar-refractivity contribution in [2.45, 2.75) is 31.6 Å². The van der Waals surface area contributed by atoms with Crippen LogP contribution in [0.4, 0.5) is 0 Å². The van der Waals surface area contributed by atoms with Gasteiger partial charge in [0.2, 0.25) is 0 Å². The summed E-state index contributed by atoms with van der Waals surface area (Å²) in [5.41, 5.74) is 6.73. The Balaban J connectivity index is 1.76. The summed E-state index contributed by atoms with van der Waals surface area (Å²) in [7, 11) is 0. The van der Waals surface area contributed by atoms with Crippen molar-refractivity contribution in [2.24, 2.45) is 11.1 Å². The average molecular weight is 289 g/mol. The van der Waals surface area contributed by atoms with Crippen LogP contribution in [0.2, 0.25) is 0 Å². The van der Waals surface area contributed by atoms with Gasteiger partial charge in [-0.05, 0) is 36.8 Å². The molecule has 3 rings (SSSR count). The Morgan fingerprint density at radius 2 is 2.00 bits per heavy atom. The van der Waals surface area contributed by atoms with Crippen molar-refractivity contribution in [3.63, 3.8) is 0 Å². The molecule has 1 aromatic carbocycles. The molecule has 2 aliphatic heterocycles. The van der Waals surface area contributed by atoms with Crippen LogP contribution in [-0.2, 0) is 9.53 Å². The van der Waals surface area contributed by atoms with Crippen LogP contribution >= 0.6 is 0 Å². The topological polar surface area (TPSA) is 61.6 Å². The van der Waals surface area contributed by atoms with E-state index < -0.39 is 0 Å². The van der Waals surface area contributed by atoms with Crippen LogP contribution < -0.4 is 10.5 Å². The van der Waals surface area contributed by atoms with E-state index in [1.165, 1.54) is 0 Å². The highest BCUT2D eigenvalue weighted by Crippen LogP contribution is 2.39. The lowest BCUT2D eigenvalue weighted by atomic mass is 9.72. The molecule has 0 saturated carbocycles. The maximum Gasteiger partial charge on any atom is 0.141 e. The van der Waals surface area contributed by atoms with Crippen LogP contribution in [0.25, 0.3) is 0 Å². The first-order chi connectivity index (χ1) is 10.2. The molecule has 21 heavy (non-hydrogen) atoms. The number of hydrogen-bond donors (Lipinski definition) is 1. The number of nitrogens with two attached hydrogens (primary N) is 1. The number of carbonyl (C=O) groups is 1. The van der Waals surface area contributed by atoms with Crippen LogP contribution in [0.3, 0.4) is 0 Å². The number of ether oxygens (including phenoxy) is 2. The molecule has 1 aromatic rings. The van der Waals surface area contributed by atoms with E-state index in [-0.39, 0.29) is 11.3 Å². The second kappa shape index (κ2) is 6.16. The summed E-state index contributed by atoms with van der Waals surface area (Å²) in [6.45, 7) is 2.41. The van der Waals surface area contributed by atoms with Crippen LogP contribution in [0.5, 0.6) is 5.75 Å². The molecule has 1 atom stereocenters. The van der Waals surface area contributed by atoms with Crippen molar-refractivity contribution in [1.82, 2.24) is 0 Å². The SMILES string of the molecule is NCC1(C(=O)CC2CCOc3ccccc32)CCOCC1. The van der Waals surface area contributed by atoms with E-state index in [9.17, 15) is 4.79 Å². The van der Waals surface area contributed by atoms with Crippen molar-refractivity contribution < 1.29 is 14.3 Å². The minimum absolute atomic E-state index is 0.258. The third-order valence-corrected chi connectivity index (χ3v) is 4.95. The Morgan fingerprint density at radius 1 is 1.24 bits per heavy atom. The Bertz CT molecular complexity index is 509. The van der Waals surface area contributed by atoms with Gasteiger partial charge < -0.3 is 15.2 Å².